The van der Waals surface area contributed by atoms with Crippen molar-refractivity contribution in [3.63, 3.8) is 0 Å². The molecule has 30 rings (SSSR count). The number of para-hydroxylation sites is 5. The van der Waals surface area contributed by atoms with Crippen molar-refractivity contribution in [2.45, 2.75) is 0 Å². The Hall–Kier alpha value is -20.6. The fourth-order valence-corrected chi connectivity index (χ4v) is 20.7. The van der Waals surface area contributed by atoms with E-state index in [9.17, 15) is 0 Å². The van der Waals surface area contributed by atoms with Crippen molar-refractivity contribution in [2.24, 2.45) is 0 Å². The van der Waals surface area contributed by atoms with Gasteiger partial charge in [0.25, 0.3) is 0 Å². The predicted octanol–water partition coefficient (Wildman–Crippen LogP) is 36.0. The first-order chi connectivity index (χ1) is 74.2. The zero-order chi connectivity index (χ0) is 99.1. The van der Waals surface area contributed by atoms with E-state index in [1.165, 1.54) is 16.7 Å². The van der Waals surface area contributed by atoms with E-state index in [1.54, 1.807) is 0 Å². The van der Waals surface area contributed by atoms with Crippen molar-refractivity contribution in [3.05, 3.63) is 491 Å². The summed E-state index contributed by atoms with van der Waals surface area (Å²) < 4.78 is 38.2. The predicted molar refractivity (Wildman–Crippen MR) is 605 cm³/mol. The van der Waals surface area contributed by atoms with Gasteiger partial charge in [0.15, 0.2) is 52.4 Å². The van der Waals surface area contributed by atoms with Crippen LogP contribution >= 0.6 is 0 Å². The van der Waals surface area contributed by atoms with Gasteiger partial charge in [0.1, 0.15) is 67.0 Å². The Morgan fingerprint density at radius 2 is 0.307 bits per heavy atom. The Morgan fingerprint density at radius 1 is 0.100 bits per heavy atom. The number of nitrogens with zero attached hydrogens (tertiary/aromatic N) is 9. The molecular weight excluding hydrogens is 1840 g/mol. The number of hydrogen-bond acceptors (Lipinski definition) is 15. The highest BCUT2D eigenvalue weighted by atomic mass is 16.3. The summed E-state index contributed by atoms with van der Waals surface area (Å²) >= 11 is 0. The summed E-state index contributed by atoms with van der Waals surface area (Å²) in [6.45, 7) is 0. The third-order valence-corrected chi connectivity index (χ3v) is 28.0. The van der Waals surface area contributed by atoms with Gasteiger partial charge in [-0.15, -0.1) is 0 Å². The van der Waals surface area contributed by atoms with Crippen molar-refractivity contribution in [2.75, 3.05) is 0 Å². The van der Waals surface area contributed by atoms with E-state index in [0.717, 1.165) is 232 Å². The molecule has 702 valence electrons. The first-order valence-electron chi connectivity index (χ1n) is 49.8. The number of rotatable bonds is 15. The lowest BCUT2D eigenvalue weighted by Crippen LogP contribution is -2.00. The average Bonchev–Trinajstić information content (AvgIpc) is 1.58. The van der Waals surface area contributed by atoms with Crippen LogP contribution in [-0.4, -0.2) is 44.9 Å². The SMILES string of the molecule is c1ccc(-c2ccc(-c3cc(-c4nc(-c5ccccc5)nc(-c5ccc6c(c5)oc5ccccc56)n4)cc4oc5ccccc5c34)cc2)cc1.c1ccc(-c2cccc(-c3cc(-c4nc(-c5ccccc5)nc(-c5ccc6c(c5)oc5ccccc56)n4)cc4oc5ccccc5c34)c2)cc1.c1ccc(-c2cccc(-c3cccc4oc5cc(-c6nc(-c7ccccc7)nc(-c7ccc8c(c7)oc7ccccc78)n6)ccc5c34)c2)cc1. The number of fused-ring (bicyclic) bond motifs is 18. The average molecular weight is 1930 g/mol. The molecule has 9 aromatic heterocycles. The highest BCUT2D eigenvalue weighted by Gasteiger charge is 2.26. The molecule has 0 fully saturated rings. The molecule has 21 aromatic carbocycles. The second kappa shape index (κ2) is 37.0. The van der Waals surface area contributed by atoms with E-state index >= 15 is 0 Å². The molecule has 0 aliphatic carbocycles. The summed E-state index contributed by atoms with van der Waals surface area (Å²) in [5, 5.41) is 12.8. The van der Waals surface area contributed by atoms with E-state index in [1.807, 2.05) is 224 Å². The van der Waals surface area contributed by atoms with Gasteiger partial charge >= 0.3 is 0 Å². The number of furan rings is 6. The topological polar surface area (TPSA) is 195 Å². The zero-order valence-electron chi connectivity index (χ0n) is 80.2. The van der Waals surface area contributed by atoms with Crippen molar-refractivity contribution < 1.29 is 26.5 Å². The van der Waals surface area contributed by atoms with Crippen LogP contribution in [0.3, 0.4) is 0 Å². The van der Waals surface area contributed by atoms with Crippen LogP contribution in [0.5, 0.6) is 0 Å². The van der Waals surface area contributed by atoms with Gasteiger partial charge < -0.3 is 26.5 Å². The minimum Gasteiger partial charge on any atom is -0.456 e. The molecule has 0 spiro atoms. The van der Waals surface area contributed by atoms with E-state index < -0.39 is 0 Å². The Balaban J connectivity index is 0.000000108. The second-order valence-electron chi connectivity index (χ2n) is 37.3. The largest absolute Gasteiger partial charge is 0.456 e. The monoisotopic (exact) mass is 1920 g/mol. The zero-order valence-corrected chi connectivity index (χ0v) is 80.2. The summed E-state index contributed by atoms with van der Waals surface area (Å²) in [4.78, 5) is 45.3. The summed E-state index contributed by atoms with van der Waals surface area (Å²) in [6, 6.07) is 168. The normalized spacial score (nSPS) is 11.6. The fraction of sp³-hybridized carbons (Fsp3) is 0. The molecule has 30 aromatic rings. The van der Waals surface area contributed by atoms with Crippen LogP contribution < -0.4 is 0 Å². The first-order valence-corrected chi connectivity index (χ1v) is 49.8. The van der Waals surface area contributed by atoms with Gasteiger partial charge in [0.05, 0.1) is 0 Å². The molecule has 0 N–H and O–H groups in total. The van der Waals surface area contributed by atoms with Gasteiger partial charge in [-0.1, -0.05) is 370 Å². The minimum atomic E-state index is 0.557. The van der Waals surface area contributed by atoms with Crippen molar-refractivity contribution >= 4 is 132 Å². The standard InChI is InChI=1S/3C45H27N3O2/c1-3-12-28(13-4-1)30-16-11-17-31(24-30)37-25-33(27-41-42(37)36-19-8-10-21-39(36)50-41)45-47-43(29-14-5-2-6-15-29)46-44(48-45)32-22-23-35-34-18-7-9-20-38(34)49-40(35)26-32;1-3-11-28(12-4-1)29-19-21-30(22-20-29)37-25-33(27-41-42(37)36-16-8-10-18-39(36)50-41)45-47-43(31-13-5-2-6-14-31)46-44(48-45)32-23-24-35-34-15-7-9-17-38(34)49-40(35)26-32;1-3-11-28(12-4-1)30-15-9-16-31(25-30)34-18-10-20-39-42(34)37-24-22-33(27-41(37)50-39)45-47-43(29-13-5-2-6-14-29)46-44(48-45)32-21-23-36-35-17-7-8-19-38(35)49-40(36)26-32/h3*1-27H. The summed E-state index contributed by atoms with van der Waals surface area (Å²) in [5.74, 6) is 5.16. The van der Waals surface area contributed by atoms with Crippen molar-refractivity contribution in [3.8, 4) is 169 Å². The summed E-state index contributed by atoms with van der Waals surface area (Å²) in [5.41, 5.74) is 31.1. The minimum absolute atomic E-state index is 0.557. The van der Waals surface area contributed by atoms with Gasteiger partial charge in [-0.2, -0.15) is 0 Å². The molecule has 0 saturated carbocycles. The molecule has 0 bridgehead atoms. The lowest BCUT2D eigenvalue weighted by molar-refractivity contribution is 0.668. The van der Waals surface area contributed by atoms with Crippen LogP contribution in [0, 0.1) is 0 Å². The lowest BCUT2D eigenvalue weighted by Gasteiger charge is -2.12. The Morgan fingerprint density at radius 3 is 0.680 bits per heavy atom. The van der Waals surface area contributed by atoms with Gasteiger partial charge in [-0.05, 0) is 188 Å². The molecule has 0 aliphatic heterocycles. The lowest BCUT2D eigenvalue weighted by atomic mass is 9.94. The van der Waals surface area contributed by atoms with E-state index in [-0.39, 0.29) is 0 Å². The number of hydrogen-bond donors (Lipinski definition) is 0. The number of benzene rings is 21. The van der Waals surface area contributed by atoms with Crippen LogP contribution in [0.2, 0.25) is 0 Å². The third-order valence-electron chi connectivity index (χ3n) is 28.0. The van der Waals surface area contributed by atoms with E-state index in [4.69, 9.17) is 71.4 Å². The molecular formula is C135H81N9O6. The number of aromatic nitrogens is 9. The molecule has 15 heteroatoms. The van der Waals surface area contributed by atoms with Gasteiger partial charge in [-0.25, -0.2) is 44.9 Å². The Kier molecular flexibility index (Phi) is 21.5. The first kappa shape index (κ1) is 87.3. The van der Waals surface area contributed by atoms with Crippen LogP contribution in [0.15, 0.2) is 518 Å². The van der Waals surface area contributed by atoms with Crippen LogP contribution in [0.1, 0.15) is 0 Å². The molecule has 0 atom stereocenters. The van der Waals surface area contributed by atoms with Gasteiger partial charge in [0.2, 0.25) is 0 Å². The highest BCUT2D eigenvalue weighted by Crippen LogP contribution is 2.47. The van der Waals surface area contributed by atoms with Crippen LogP contribution in [0.25, 0.3) is 301 Å². The second-order valence-corrected chi connectivity index (χ2v) is 37.3. The van der Waals surface area contributed by atoms with E-state index in [0.29, 0.717) is 52.4 Å². The molecule has 150 heavy (non-hydrogen) atoms. The quantitative estimate of drug-likeness (QED) is 0.0939. The molecule has 0 unspecified atom stereocenters. The maximum Gasteiger partial charge on any atom is 0.164 e. The maximum absolute atomic E-state index is 6.51. The molecule has 15 nitrogen and oxygen atoms in total. The van der Waals surface area contributed by atoms with Gasteiger partial charge in [0, 0.05) is 115 Å². The van der Waals surface area contributed by atoms with Crippen LogP contribution in [-0.2, 0) is 0 Å². The molecule has 0 amide bonds. The molecule has 0 radical (unpaired) electrons. The summed E-state index contributed by atoms with van der Waals surface area (Å²) in [7, 11) is 0. The highest BCUT2D eigenvalue weighted by molar-refractivity contribution is 6.17. The molecule has 0 saturated heterocycles. The Labute approximate surface area is 857 Å². The smallest absolute Gasteiger partial charge is 0.164 e. The van der Waals surface area contributed by atoms with Crippen molar-refractivity contribution in [1.29, 1.82) is 0 Å². The molecule has 9 heterocycles. The van der Waals surface area contributed by atoms with Gasteiger partial charge in [-0.3, -0.25) is 0 Å². The van der Waals surface area contributed by atoms with Crippen molar-refractivity contribution in [1.82, 2.24) is 44.9 Å². The molecule has 0 aliphatic rings. The fourth-order valence-electron chi connectivity index (χ4n) is 20.7. The Bertz CT molecular complexity index is 10500. The summed E-state index contributed by atoms with van der Waals surface area (Å²) in [6.07, 6.45) is 0. The van der Waals surface area contributed by atoms with E-state index in [2.05, 4.69) is 267 Å². The third kappa shape index (κ3) is 16.2. The van der Waals surface area contributed by atoms with Crippen LogP contribution in [0.4, 0.5) is 0 Å². The maximum atomic E-state index is 6.51.